The van der Waals surface area contributed by atoms with Crippen molar-refractivity contribution in [1.29, 1.82) is 0 Å². The summed E-state index contributed by atoms with van der Waals surface area (Å²) in [5, 5.41) is 2.49. The summed E-state index contributed by atoms with van der Waals surface area (Å²) in [6.07, 6.45) is -0.499. The van der Waals surface area contributed by atoms with Gasteiger partial charge < -0.3 is 11.0 Å². The van der Waals surface area contributed by atoms with E-state index in [0.29, 0.717) is 11.2 Å². The molecule has 1 amide bonds. The Morgan fingerprint density at radius 2 is 2.07 bits per heavy atom. The number of benzene rings is 1. The zero-order valence-electron chi connectivity index (χ0n) is 7.60. The maximum Gasteiger partial charge on any atom is -0.870 e. The van der Waals surface area contributed by atoms with Gasteiger partial charge in [0.25, 0.3) is 0 Å². The second kappa shape index (κ2) is 6.93. The molecule has 0 spiro atoms. The quantitative estimate of drug-likeness (QED) is 0.651. The minimum absolute atomic E-state index is 0. The summed E-state index contributed by atoms with van der Waals surface area (Å²) in [5.74, 6) is 0. The molecule has 0 aliphatic carbocycles. The van der Waals surface area contributed by atoms with Crippen molar-refractivity contribution in [2.24, 2.45) is 0 Å². The van der Waals surface area contributed by atoms with Crippen LogP contribution in [0.4, 0.5) is 10.5 Å². The van der Waals surface area contributed by atoms with Crippen molar-refractivity contribution in [3.63, 3.8) is 0 Å². The van der Waals surface area contributed by atoms with E-state index in [-0.39, 0.29) is 11.0 Å². The zero-order chi connectivity index (χ0) is 8.97. The van der Waals surface area contributed by atoms with Crippen LogP contribution in [0.15, 0.2) is 24.3 Å². The molecule has 5 nitrogen and oxygen atoms in total. The first-order valence-corrected chi connectivity index (χ1v) is 3.43. The molecule has 0 radical (unpaired) electrons. The largest absolute Gasteiger partial charge is 0.870 e. The maximum atomic E-state index is 10.7. The fraction of sp³-hybridized carbons (Fsp3) is 0.125. The molecule has 3 N–H and O–H groups in total. The van der Waals surface area contributed by atoms with Gasteiger partial charge in [-0.05, 0) is 0 Å². The molecule has 0 fully saturated rings. The van der Waals surface area contributed by atoms with Gasteiger partial charge in [-0.1, -0.05) is 0 Å². The molecule has 0 bridgehead atoms. The smallest absolute Gasteiger partial charge is 0.870 e. The van der Waals surface area contributed by atoms with Crippen molar-refractivity contribution in [2.75, 3.05) is 12.4 Å². The minimum atomic E-state index is -0.499. The first-order chi connectivity index (χ1) is 5.72. The van der Waals surface area contributed by atoms with E-state index < -0.39 is 6.09 Å². The van der Waals surface area contributed by atoms with Crippen LogP contribution in [-0.2, 0) is 4.74 Å². The first-order valence-electron chi connectivity index (χ1n) is 3.43. The molecule has 0 unspecified atom stereocenters. The van der Waals surface area contributed by atoms with E-state index in [2.05, 4.69) is 10.1 Å². The van der Waals surface area contributed by atoms with Crippen molar-refractivity contribution < 1.29 is 20.5 Å². The topological polar surface area (TPSA) is 98.3 Å². The Kier molecular flexibility index (Phi) is 7.41. The Bertz CT molecular complexity index is 292. The van der Waals surface area contributed by atoms with Crippen LogP contribution in [0.5, 0.6) is 0 Å². The molecule has 0 saturated carbocycles. The van der Waals surface area contributed by atoms with Crippen LogP contribution in [0.1, 0.15) is 0 Å². The van der Waals surface area contributed by atoms with E-state index >= 15 is 0 Å². The van der Waals surface area contributed by atoms with Gasteiger partial charge >= 0.3 is 71.3 Å². The van der Waals surface area contributed by atoms with Crippen molar-refractivity contribution in [3.05, 3.63) is 24.3 Å². The van der Waals surface area contributed by atoms with E-state index in [4.69, 9.17) is 7.85 Å². The summed E-state index contributed by atoms with van der Waals surface area (Å²) in [7, 11) is 6.79. The number of hydrogen-bond donors (Lipinski definition) is 1. The molecule has 1 rings (SSSR count). The fourth-order valence-corrected chi connectivity index (χ4v) is 0.785. The molecular weight excluding hydrogens is 185 g/mol. The number of nitrogens with one attached hydrogen (secondary N) is 1. The van der Waals surface area contributed by atoms with Gasteiger partial charge in [-0.15, -0.1) is 0 Å². The first kappa shape index (κ1) is 15.0. The summed E-state index contributed by atoms with van der Waals surface area (Å²) in [4.78, 5) is 10.7. The van der Waals surface area contributed by atoms with Crippen LogP contribution in [0.3, 0.4) is 0 Å². The van der Waals surface area contributed by atoms with Gasteiger partial charge in [0, 0.05) is 0 Å². The molecule has 14 heavy (non-hydrogen) atoms. The number of rotatable bonds is 1. The van der Waals surface area contributed by atoms with Crippen LogP contribution in [0.2, 0.25) is 0 Å². The Balaban J connectivity index is 0. The van der Waals surface area contributed by atoms with E-state index in [1.165, 1.54) is 7.11 Å². The number of carbonyl (C=O) groups excluding carboxylic acids is 1. The van der Waals surface area contributed by atoms with Gasteiger partial charge in [0.15, 0.2) is 0 Å². The van der Waals surface area contributed by atoms with E-state index in [1.54, 1.807) is 24.3 Å². The third kappa shape index (κ3) is 4.49. The van der Waals surface area contributed by atoms with E-state index in [1.807, 2.05) is 0 Å². The average molecular weight is 195 g/mol. The number of methoxy groups -OCH3 is 1. The SMILES string of the molecule is [B+2]c1cccc(NC(=O)OC)c1.[OH-].[OH-]. The molecule has 0 aromatic heterocycles. The summed E-state index contributed by atoms with van der Waals surface area (Å²) in [5.41, 5.74) is 1.23. The molecule has 1 aromatic carbocycles. The minimum Gasteiger partial charge on any atom is -0.870 e. The zero-order valence-corrected chi connectivity index (χ0v) is 7.60. The van der Waals surface area contributed by atoms with Crippen LogP contribution in [0.25, 0.3) is 0 Å². The fourth-order valence-electron chi connectivity index (χ4n) is 0.785. The second-order valence-corrected chi connectivity index (χ2v) is 2.24. The molecular formula is C8H10BNO4. The normalized spacial score (nSPS) is 7.93. The Morgan fingerprint density at radius 3 is 2.57 bits per heavy atom. The monoisotopic (exact) mass is 195 g/mol. The predicted molar refractivity (Wildman–Crippen MR) is 51.7 cm³/mol. The average Bonchev–Trinajstić information content (AvgIpc) is 2.04. The van der Waals surface area contributed by atoms with Gasteiger partial charge in [-0.2, -0.15) is 0 Å². The predicted octanol–water partition coefficient (Wildman–Crippen LogP) is 0.305. The Morgan fingerprint density at radius 1 is 1.43 bits per heavy atom. The van der Waals surface area contributed by atoms with Crippen molar-refractivity contribution in [1.82, 2.24) is 0 Å². The van der Waals surface area contributed by atoms with Gasteiger partial charge in [0.2, 0.25) is 0 Å². The van der Waals surface area contributed by atoms with Crippen LogP contribution in [0, 0.1) is 0 Å². The van der Waals surface area contributed by atoms with Crippen LogP contribution < -0.4 is 10.8 Å². The summed E-state index contributed by atoms with van der Waals surface area (Å²) < 4.78 is 4.40. The summed E-state index contributed by atoms with van der Waals surface area (Å²) in [6, 6.07) is 6.87. The molecule has 6 heteroatoms. The number of carbonyl (C=O) groups is 1. The molecule has 74 valence electrons. The number of ether oxygens (including phenoxy) is 1. The third-order valence-electron chi connectivity index (χ3n) is 1.32. The van der Waals surface area contributed by atoms with Crippen molar-refractivity contribution in [3.8, 4) is 0 Å². The molecule has 0 aliphatic rings. The van der Waals surface area contributed by atoms with Gasteiger partial charge in [0.05, 0.1) is 0 Å². The van der Waals surface area contributed by atoms with Gasteiger partial charge in [0.1, 0.15) is 0 Å². The second-order valence-electron chi connectivity index (χ2n) is 2.24. The number of hydrogen-bond acceptors (Lipinski definition) is 4. The van der Waals surface area contributed by atoms with Crippen LogP contribution in [-0.4, -0.2) is 32.0 Å². The molecule has 1 aromatic rings. The third-order valence-corrected chi connectivity index (χ3v) is 1.32. The number of anilines is 1. The Labute approximate surface area is 83.1 Å². The van der Waals surface area contributed by atoms with Crippen LogP contribution >= 0.6 is 0 Å². The van der Waals surface area contributed by atoms with E-state index in [0.717, 1.165) is 0 Å². The van der Waals surface area contributed by atoms with Gasteiger partial charge in [-0.25, -0.2) is 0 Å². The molecule has 0 saturated heterocycles. The molecule has 0 heterocycles. The summed E-state index contributed by atoms with van der Waals surface area (Å²) >= 11 is 0. The molecule has 0 atom stereocenters. The maximum absolute atomic E-state index is 10.7. The van der Waals surface area contributed by atoms with Crippen molar-refractivity contribution in [2.45, 2.75) is 0 Å². The van der Waals surface area contributed by atoms with Crippen molar-refractivity contribution >= 4 is 25.1 Å². The standard InChI is InChI=1S/C8H8BNO2.2H2O/c1-12-8(11)10-7-4-2-3-6(9)5-7;;/h2-5H,1H3,(H,10,11);2*1H2/q+2;;/p-2. The Hall–Kier alpha value is -1.53. The summed E-state index contributed by atoms with van der Waals surface area (Å²) in [6.45, 7) is 0. The van der Waals surface area contributed by atoms with Gasteiger partial charge in [-0.3, -0.25) is 0 Å². The van der Waals surface area contributed by atoms with E-state index in [9.17, 15) is 4.79 Å². The molecule has 0 aliphatic heterocycles. The number of amides is 1.